The Morgan fingerprint density at radius 2 is 1.61 bits per heavy atom. The van der Waals surface area contributed by atoms with Gasteiger partial charge in [0.15, 0.2) is 0 Å². The van der Waals surface area contributed by atoms with E-state index in [9.17, 15) is 28.8 Å². The largest absolute Gasteiger partial charge is 0.464 e. The van der Waals surface area contributed by atoms with Crippen molar-refractivity contribution in [2.75, 3.05) is 13.7 Å². The Kier molecular flexibility index (Phi) is 10.2. The molecule has 186 valence electrons. The molecule has 0 aliphatic carbocycles. The molecule has 13 heteroatoms. The maximum atomic E-state index is 12.6. The highest BCUT2D eigenvalue weighted by Gasteiger charge is 2.57. The molecule has 1 aliphatic heterocycles. The molecule has 0 spiro atoms. The van der Waals surface area contributed by atoms with Crippen LogP contribution in [0, 0.1) is 0 Å². The zero-order valence-electron chi connectivity index (χ0n) is 19.3. The van der Waals surface area contributed by atoms with E-state index in [2.05, 4.69) is 5.32 Å². The molecule has 0 aromatic carbocycles. The molecule has 1 aliphatic rings. The first-order chi connectivity index (χ1) is 15.3. The summed E-state index contributed by atoms with van der Waals surface area (Å²) < 4.78 is 31.1. The second kappa shape index (κ2) is 12.1. The minimum absolute atomic E-state index is 0.240. The number of esters is 5. The number of nitrogens with one attached hydrogen (secondary N) is 1. The van der Waals surface area contributed by atoms with Crippen LogP contribution in [0.5, 0.6) is 0 Å². The van der Waals surface area contributed by atoms with E-state index in [-0.39, 0.29) is 13.0 Å². The average molecular weight is 475 g/mol. The highest BCUT2D eigenvalue weighted by molar-refractivity contribution is 5.82. The van der Waals surface area contributed by atoms with Crippen molar-refractivity contribution >= 4 is 35.8 Å². The predicted molar refractivity (Wildman–Crippen MR) is 106 cm³/mol. The predicted octanol–water partition coefficient (Wildman–Crippen LogP) is -0.471. The maximum absolute atomic E-state index is 12.6. The van der Waals surface area contributed by atoms with E-state index in [1.54, 1.807) is 0 Å². The number of carbonyl (C=O) groups is 6. The molecule has 13 nitrogen and oxygen atoms in total. The summed E-state index contributed by atoms with van der Waals surface area (Å²) in [5.74, 6) is -6.91. The Morgan fingerprint density at radius 3 is 2.06 bits per heavy atom. The van der Waals surface area contributed by atoms with Gasteiger partial charge in [-0.05, 0) is 0 Å². The van der Waals surface area contributed by atoms with E-state index in [1.807, 2.05) is 0 Å². The summed E-state index contributed by atoms with van der Waals surface area (Å²) in [6, 6.07) is -1.05. The SMILES string of the molecule is COC(=O)[C@@]1(OC(C)=O)C[C@H](OC(C)=O)[C@@H](NC(C)=O)[C@H](C[C@@H](COC(C)=O)OC(C)=O)O1. The number of hydrogen-bond donors (Lipinski definition) is 1. The third kappa shape index (κ3) is 8.67. The van der Waals surface area contributed by atoms with Crippen molar-refractivity contribution in [2.45, 2.75) is 77.6 Å². The summed E-state index contributed by atoms with van der Waals surface area (Å²) >= 11 is 0. The van der Waals surface area contributed by atoms with Crippen LogP contribution < -0.4 is 5.32 Å². The monoisotopic (exact) mass is 475 g/mol. The molecular formula is C20H29NO12. The molecule has 1 amide bonds. The maximum Gasteiger partial charge on any atom is 0.379 e. The van der Waals surface area contributed by atoms with Crippen molar-refractivity contribution in [3.05, 3.63) is 0 Å². The molecule has 0 radical (unpaired) electrons. The zero-order valence-corrected chi connectivity index (χ0v) is 19.3. The van der Waals surface area contributed by atoms with Gasteiger partial charge < -0.3 is 33.7 Å². The van der Waals surface area contributed by atoms with Crippen LogP contribution >= 0.6 is 0 Å². The van der Waals surface area contributed by atoms with Crippen molar-refractivity contribution in [1.29, 1.82) is 0 Å². The van der Waals surface area contributed by atoms with Gasteiger partial charge in [-0.3, -0.25) is 24.0 Å². The summed E-state index contributed by atoms with van der Waals surface area (Å²) in [7, 11) is 1.04. The molecule has 5 atom stereocenters. The van der Waals surface area contributed by atoms with Crippen molar-refractivity contribution < 1.29 is 57.2 Å². The minimum atomic E-state index is -2.32. The van der Waals surface area contributed by atoms with Gasteiger partial charge in [0.05, 0.1) is 25.7 Å². The van der Waals surface area contributed by atoms with E-state index in [0.29, 0.717) is 0 Å². The quantitative estimate of drug-likeness (QED) is 0.336. The van der Waals surface area contributed by atoms with Crippen LogP contribution in [-0.4, -0.2) is 79.6 Å². The van der Waals surface area contributed by atoms with Crippen LogP contribution in [0.3, 0.4) is 0 Å². The Hall–Kier alpha value is -3.22. The Labute approximate surface area is 190 Å². The lowest BCUT2D eigenvalue weighted by Gasteiger charge is -2.46. The summed E-state index contributed by atoms with van der Waals surface area (Å²) in [4.78, 5) is 70.7. The second-order valence-electron chi connectivity index (χ2n) is 7.34. The zero-order chi connectivity index (χ0) is 25.3. The molecular weight excluding hydrogens is 446 g/mol. The fraction of sp³-hybridized carbons (Fsp3) is 0.700. The molecule has 0 unspecified atom stereocenters. The van der Waals surface area contributed by atoms with Crippen LogP contribution in [-0.2, 0) is 57.2 Å². The first kappa shape index (κ1) is 27.8. The topological polar surface area (TPSA) is 170 Å². The standard InChI is InChI=1S/C20H29NO12/c1-10(22)21-18-16(7-15(30-12(3)24)9-29-11(2)23)33-20(19(27)28-6,32-14(5)26)8-17(18)31-13(4)25/h15-18H,7-9H2,1-6H3,(H,21,22)/t15-,16-,17-,18-,20+/m0/s1. The number of rotatable bonds is 9. The number of ether oxygens (including phenoxy) is 6. The molecule has 33 heavy (non-hydrogen) atoms. The van der Waals surface area contributed by atoms with Crippen LogP contribution in [0.2, 0.25) is 0 Å². The molecule has 1 heterocycles. The van der Waals surface area contributed by atoms with E-state index in [4.69, 9.17) is 28.4 Å². The number of carbonyl (C=O) groups excluding carboxylic acids is 6. The van der Waals surface area contributed by atoms with Crippen LogP contribution in [0.4, 0.5) is 0 Å². The molecule has 1 fully saturated rings. The van der Waals surface area contributed by atoms with Gasteiger partial charge in [0.1, 0.15) is 18.8 Å². The van der Waals surface area contributed by atoms with Crippen molar-refractivity contribution in [1.82, 2.24) is 5.32 Å². The third-order valence-electron chi connectivity index (χ3n) is 4.41. The van der Waals surface area contributed by atoms with Gasteiger partial charge >= 0.3 is 35.6 Å². The van der Waals surface area contributed by atoms with Gasteiger partial charge in [0.2, 0.25) is 5.91 Å². The highest BCUT2D eigenvalue weighted by Crippen LogP contribution is 2.36. The summed E-state index contributed by atoms with van der Waals surface area (Å²) in [6.07, 6.45) is -4.21. The van der Waals surface area contributed by atoms with Crippen molar-refractivity contribution in [3.63, 3.8) is 0 Å². The number of methoxy groups -OCH3 is 1. The lowest BCUT2D eigenvalue weighted by Crippen LogP contribution is -2.65. The van der Waals surface area contributed by atoms with Gasteiger partial charge in [0.25, 0.3) is 0 Å². The fourth-order valence-electron chi connectivity index (χ4n) is 3.42. The first-order valence-corrected chi connectivity index (χ1v) is 10.00. The highest BCUT2D eigenvalue weighted by atomic mass is 16.8. The lowest BCUT2D eigenvalue weighted by atomic mass is 9.89. The van der Waals surface area contributed by atoms with E-state index >= 15 is 0 Å². The molecule has 0 aromatic heterocycles. The molecule has 0 bridgehead atoms. The van der Waals surface area contributed by atoms with E-state index in [0.717, 1.165) is 34.8 Å². The Bertz CT molecular complexity index is 781. The van der Waals surface area contributed by atoms with Crippen LogP contribution in [0.15, 0.2) is 0 Å². The Balaban J connectivity index is 3.46. The van der Waals surface area contributed by atoms with E-state index < -0.39 is 72.3 Å². The fourth-order valence-corrected chi connectivity index (χ4v) is 3.42. The summed E-state index contributed by atoms with van der Waals surface area (Å²) in [6.45, 7) is 5.28. The molecule has 0 aromatic rings. The van der Waals surface area contributed by atoms with Crippen molar-refractivity contribution in [2.24, 2.45) is 0 Å². The summed E-state index contributed by atoms with van der Waals surface area (Å²) in [5.41, 5.74) is 0. The van der Waals surface area contributed by atoms with Crippen LogP contribution in [0.25, 0.3) is 0 Å². The number of amides is 1. The average Bonchev–Trinajstić information content (AvgIpc) is 2.66. The molecule has 0 saturated carbocycles. The second-order valence-corrected chi connectivity index (χ2v) is 7.34. The van der Waals surface area contributed by atoms with Gasteiger partial charge in [-0.2, -0.15) is 0 Å². The van der Waals surface area contributed by atoms with Gasteiger partial charge in [0, 0.05) is 41.0 Å². The molecule has 1 rings (SSSR count). The lowest BCUT2D eigenvalue weighted by molar-refractivity contribution is -0.290. The first-order valence-electron chi connectivity index (χ1n) is 10.00. The molecule has 1 N–H and O–H groups in total. The smallest absolute Gasteiger partial charge is 0.379 e. The van der Waals surface area contributed by atoms with Gasteiger partial charge in [-0.15, -0.1) is 0 Å². The third-order valence-corrected chi connectivity index (χ3v) is 4.41. The van der Waals surface area contributed by atoms with E-state index in [1.165, 1.54) is 6.92 Å². The molecule has 1 saturated heterocycles. The summed E-state index contributed by atoms with van der Waals surface area (Å²) in [5, 5.41) is 2.58. The van der Waals surface area contributed by atoms with Crippen LogP contribution in [0.1, 0.15) is 47.5 Å². The van der Waals surface area contributed by atoms with Gasteiger partial charge in [-0.25, -0.2) is 4.79 Å². The number of hydrogen-bond acceptors (Lipinski definition) is 12. The van der Waals surface area contributed by atoms with Crippen molar-refractivity contribution in [3.8, 4) is 0 Å². The normalized spacial score (nSPS) is 25.1. The Morgan fingerprint density at radius 1 is 0.970 bits per heavy atom. The minimum Gasteiger partial charge on any atom is -0.464 e. The van der Waals surface area contributed by atoms with Gasteiger partial charge in [-0.1, -0.05) is 0 Å².